The van der Waals surface area contributed by atoms with Gasteiger partial charge in [-0.1, -0.05) is 24.3 Å². The predicted octanol–water partition coefficient (Wildman–Crippen LogP) is 4.12. The molecule has 28 heavy (non-hydrogen) atoms. The number of halogens is 2. The standard InChI is InChI=1S/C22H26F2N4/c1-15-20(13-25-12-17-6-5-7-18(10-17)14-27(3)4)16(2)28(26-15)22-9-8-19(23)11-21(22)24/h5-11,25H,12-14H2,1-4H3. The SMILES string of the molecule is Cc1nn(-c2ccc(F)cc2F)c(C)c1CNCc1cccc(CN(C)C)c1. The summed E-state index contributed by atoms with van der Waals surface area (Å²) in [7, 11) is 4.11. The van der Waals surface area contributed by atoms with Crippen LogP contribution in [-0.2, 0) is 19.6 Å². The lowest BCUT2D eigenvalue weighted by atomic mass is 10.1. The number of benzene rings is 2. The molecule has 0 unspecified atom stereocenters. The molecule has 0 bridgehead atoms. The van der Waals surface area contributed by atoms with E-state index in [1.54, 1.807) is 4.68 Å². The van der Waals surface area contributed by atoms with Crippen molar-refractivity contribution in [2.75, 3.05) is 14.1 Å². The minimum absolute atomic E-state index is 0.254. The number of nitrogens with one attached hydrogen (secondary N) is 1. The Labute approximate surface area is 164 Å². The lowest BCUT2D eigenvalue weighted by Gasteiger charge is -2.11. The third-order valence-corrected chi connectivity index (χ3v) is 4.70. The van der Waals surface area contributed by atoms with E-state index in [4.69, 9.17) is 0 Å². The van der Waals surface area contributed by atoms with Gasteiger partial charge in [-0.05, 0) is 51.2 Å². The average Bonchev–Trinajstić information content (AvgIpc) is 2.89. The molecular weight excluding hydrogens is 358 g/mol. The summed E-state index contributed by atoms with van der Waals surface area (Å²) in [5.41, 5.74) is 5.44. The fourth-order valence-corrected chi connectivity index (χ4v) is 3.35. The minimum atomic E-state index is -0.622. The molecule has 0 saturated heterocycles. The molecule has 0 saturated carbocycles. The molecule has 0 amide bonds. The van der Waals surface area contributed by atoms with Crippen molar-refractivity contribution in [1.29, 1.82) is 0 Å². The molecule has 3 rings (SSSR count). The molecule has 0 aliphatic rings. The maximum absolute atomic E-state index is 14.1. The smallest absolute Gasteiger partial charge is 0.151 e. The second-order valence-corrected chi connectivity index (χ2v) is 7.32. The van der Waals surface area contributed by atoms with E-state index in [-0.39, 0.29) is 5.69 Å². The van der Waals surface area contributed by atoms with Crippen LogP contribution < -0.4 is 5.32 Å². The topological polar surface area (TPSA) is 33.1 Å². The van der Waals surface area contributed by atoms with Gasteiger partial charge in [0.1, 0.15) is 11.5 Å². The maximum Gasteiger partial charge on any atom is 0.151 e. The number of nitrogens with zero attached hydrogens (tertiary/aromatic N) is 3. The molecule has 1 aromatic heterocycles. The van der Waals surface area contributed by atoms with E-state index in [0.29, 0.717) is 6.54 Å². The van der Waals surface area contributed by atoms with Gasteiger partial charge in [-0.2, -0.15) is 5.10 Å². The van der Waals surface area contributed by atoms with Crippen molar-refractivity contribution in [3.05, 3.63) is 82.2 Å². The van der Waals surface area contributed by atoms with Crippen LogP contribution in [0.2, 0.25) is 0 Å². The van der Waals surface area contributed by atoms with Crippen molar-refractivity contribution >= 4 is 0 Å². The highest BCUT2D eigenvalue weighted by molar-refractivity contribution is 5.38. The zero-order valence-corrected chi connectivity index (χ0v) is 16.8. The van der Waals surface area contributed by atoms with E-state index in [1.165, 1.54) is 23.3 Å². The highest BCUT2D eigenvalue weighted by Gasteiger charge is 2.15. The first-order chi connectivity index (χ1) is 13.3. The van der Waals surface area contributed by atoms with Crippen LogP contribution in [-0.4, -0.2) is 28.8 Å². The lowest BCUT2D eigenvalue weighted by Crippen LogP contribution is -2.15. The van der Waals surface area contributed by atoms with E-state index >= 15 is 0 Å². The second-order valence-electron chi connectivity index (χ2n) is 7.32. The first kappa shape index (κ1) is 20.2. The summed E-state index contributed by atoms with van der Waals surface area (Å²) >= 11 is 0. The van der Waals surface area contributed by atoms with Crippen LogP contribution in [0.5, 0.6) is 0 Å². The van der Waals surface area contributed by atoms with Crippen LogP contribution in [0.15, 0.2) is 42.5 Å². The quantitative estimate of drug-likeness (QED) is 0.665. The first-order valence-corrected chi connectivity index (χ1v) is 9.29. The normalized spacial score (nSPS) is 11.4. The number of aryl methyl sites for hydroxylation is 1. The predicted molar refractivity (Wildman–Crippen MR) is 107 cm³/mol. The van der Waals surface area contributed by atoms with Gasteiger partial charge in [0.25, 0.3) is 0 Å². The second kappa shape index (κ2) is 8.63. The molecule has 0 radical (unpaired) electrons. The monoisotopic (exact) mass is 384 g/mol. The summed E-state index contributed by atoms with van der Waals surface area (Å²) in [6, 6.07) is 12.0. The summed E-state index contributed by atoms with van der Waals surface area (Å²) in [4.78, 5) is 2.14. The van der Waals surface area contributed by atoms with Gasteiger partial charge in [-0.15, -0.1) is 0 Å². The van der Waals surface area contributed by atoms with Crippen LogP contribution in [0.4, 0.5) is 8.78 Å². The van der Waals surface area contributed by atoms with E-state index in [2.05, 4.69) is 53.7 Å². The number of rotatable bonds is 7. The third kappa shape index (κ3) is 4.64. The molecule has 2 aromatic carbocycles. The molecule has 1 heterocycles. The largest absolute Gasteiger partial charge is 0.308 e. The Morgan fingerprint density at radius 1 is 1.00 bits per heavy atom. The average molecular weight is 384 g/mol. The Hall–Kier alpha value is -2.57. The highest BCUT2D eigenvalue weighted by Crippen LogP contribution is 2.21. The Kier molecular flexibility index (Phi) is 6.21. The van der Waals surface area contributed by atoms with Crippen LogP contribution in [0.25, 0.3) is 5.69 Å². The van der Waals surface area contributed by atoms with Crippen molar-refractivity contribution < 1.29 is 8.78 Å². The van der Waals surface area contributed by atoms with E-state index in [1.807, 2.05) is 13.8 Å². The zero-order valence-electron chi connectivity index (χ0n) is 16.8. The van der Waals surface area contributed by atoms with E-state index in [9.17, 15) is 8.78 Å². The Morgan fingerprint density at radius 3 is 2.46 bits per heavy atom. The first-order valence-electron chi connectivity index (χ1n) is 9.29. The molecule has 0 aliphatic carbocycles. The van der Waals surface area contributed by atoms with E-state index < -0.39 is 11.6 Å². The number of aromatic nitrogens is 2. The van der Waals surface area contributed by atoms with Gasteiger partial charge < -0.3 is 10.2 Å². The fraction of sp³-hybridized carbons (Fsp3) is 0.318. The summed E-state index contributed by atoms with van der Waals surface area (Å²) < 4.78 is 28.9. The third-order valence-electron chi connectivity index (χ3n) is 4.70. The van der Waals surface area contributed by atoms with Crippen LogP contribution >= 0.6 is 0 Å². The molecular formula is C22H26F2N4. The number of hydrogen-bond acceptors (Lipinski definition) is 3. The molecule has 1 N–H and O–H groups in total. The van der Waals surface area contributed by atoms with Crippen molar-refractivity contribution in [1.82, 2.24) is 20.0 Å². The minimum Gasteiger partial charge on any atom is -0.308 e. The van der Waals surface area contributed by atoms with Gasteiger partial charge in [0.15, 0.2) is 5.82 Å². The maximum atomic E-state index is 14.1. The van der Waals surface area contributed by atoms with Gasteiger partial charge in [-0.3, -0.25) is 0 Å². The van der Waals surface area contributed by atoms with Gasteiger partial charge >= 0.3 is 0 Å². The summed E-state index contributed by atoms with van der Waals surface area (Å²) in [6.45, 7) is 6.06. The van der Waals surface area contributed by atoms with Gasteiger partial charge in [0, 0.05) is 37.0 Å². The number of hydrogen-bond donors (Lipinski definition) is 1. The van der Waals surface area contributed by atoms with Gasteiger partial charge in [0.2, 0.25) is 0 Å². The fourth-order valence-electron chi connectivity index (χ4n) is 3.35. The Bertz CT molecular complexity index is 963. The molecule has 0 aliphatic heterocycles. The lowest BCUT2D eigenvalue weighted by molar-refractivity contribution is 0.402. The molecule has 148 valence electrons. The molecule has 3 aromatic rings. The van der Waals surface area contributed by atoms with Crippen molar-refractivity contribution in [3.8, 4) is 5.69 Å². The van der Waals surface area contributed by atoms with Gasteiger partial charge in [0.05, 0.1) is 5.69 Å². The molecule has 6 heteroatoms. The summed E-state index contributed by atoms with van der Waals surface area (Å²) in [6.07, 6.45) is 0. The molecule has 4 nitrogen and oxygen atoms in total. The van der Waals surface area contributed by atoms with Crippen LogP contribution in [0.1, 0.15) is 28.1 Å². The zero-order chi connectivity index (χ0) is 20.3. The summed E-state index contributed by atoms with van der Waals surface area (Å²) in [5, 5.41) is 7.90. The van der Waals surface area contributed by atoms with Crippen LogP contribution in [0, 0.1) is 25.5 Å². The van der Waals surface area contributed by atoms with E-state index in [0.717, 1.165) is 36.1 Å². The molecule has 0 atom stereocenters. The van der Waals surface area contributed by atoms with Crippen molar-refractivity contribution in [2.24, 2.45) is 0 Å². The Morgan fingerprint density at radius 2 is 1.75 bits per heavy atom. The molecule has 0 fully saturated rings. The van der Waals surface area contributed by atoms with Gasteiger partial charge in [-0.25, -0.2) is 13.5 Å². The highest BCUT2D eigenvalue weighted by atomic mass is 19.1. The Balaban J connectivity index is 1.71. The van der Waals surface area contributed by atoms with Crippen molar-refractivity contribution in [2.45, 2.75) is 33.5 Å². The summed E-state index contributed by atoms with van der Waals surface area (Å²) in [5.74, 6) is -1.22. The van der Waals surface area contributed by atoms with Crippen molar-refractivity contribution in [3.63, 3.8) is 0 Å². The molecule has 0 spiro atoms. The van der Waals surface area contributed by atoms with Crippen LogP contribution in [0.3, 0.4) is 0 Å².